The summed E-state index contributed by atoms with van der Waals surface area (Å²) >= 11 is 3.18. The number of thiophene rings is 2. The normalized spacial score (nSPS) is 15.8. The molecule has 1 fully saturated rings. The van der Waals surface area contributed by atoms with E-state index in [-0.39, 0.29) is 17.9 Å². The number of carbonyl (C=O) groups is 2. The molecular formula is C18H23N3O2S2. The molecule has 134 valence electrons. The zero-order valence-corrected chi connectivity index (χ0v) is 15.7. The van der Waals surface area contributed by atoms with Gasteiger partial charge in [0.1, 0.15) is 0 Å². The van der Waals surface area contributed by atoms with Crippen molar-refractivity contribution in [1.82, 2.24) is 15.5 Å². The van der Waals surface area contributed by atoms with Crippen molar-refractivity contribution in [3.8, 4) is 0 Å². The summed E-state index contributed by atoms with van der Waals surface area (Å²) in [6.45, 7) is 2.81. The summed E-state index contributed by atoms with van der Waals surface area (Å²) in [7, 11) is 0. The first-order chi connectivity index (χ1) is 12.2. The predicted molar refractivity (Wildman–Crippen MR) is 102 cm³/mol. The fourth-order valence-electron chi connectivity index (χ4n) is 2.94. The summed E-state index contributed by atoms with van der Waals surface area (Å²) in [5.41, 5.74) is 0. The Balaban J connectivity index is 1.32. The van der Waals surface area contributed by atoms with Gasteiger partial charge in [0.15, 0.2) is 0 Å². The third kappa shape index (κ3) is 5.66. The third-order valence-corrected chi connectivity index (χ3v) is 6.11. The third-order valence-electron chi connectivity index (χ3n) is 4.31. The first kappa shape index (κ1) is 18.1. The molecule has 1 aliphatic heterocycles. The molecule has 0 unspecified atom stereocenters. The second-order valence-electron chi connectivity index (χ2n) is 6.18. The first-order valence-corrected chi connectivity index (χ1v) is 10.3. The lowest BCUT2D eigenvalue weighted by atomic mass is 10.0. The molecule has 0 saturated carbocycles. The van der Waals surface area contributed by atoms with Crippen molar-refractivity contribution in [2.24, 2.45) is 0 Å². The summed E-state index contributed by atoms with van der Waals surface area (Å²) in [6, 6.07) is 8.05. The lowest BCUT2D eigenvalue weighted by molar-refractivity contribution is -0.122. The summed E-state index contributed by atoms with van der Waals surface area (Å²) in [6.07, 6.45) is 2.67. The standard InChI is InChI=1S/C18H23N3O2S2/c22-17(19-8-5-15-3-1-11-24-15)13-21-9-6-14(7-10-21)20-18(23)16-4-2-12-25-16/h1-4,11-12,14H,5-10,13H2,(H,19,22)(H,20,23). The lowest BCUT2D eigenvalue weighted by Crippen LogP contribution is -2.47. The fraction of sp³-hybridized carbons (Fsp3) is 0.444. The number of hydrogen-bond acceptors (Lipinski definition) is 5. The van der Waals surface area contributed by atoms with E-state index in [1.807, 2.05) is 23.6 Å². The van der Waals surface area contributed by atoms with Crippen LogP contribution in [0.4, 0.5) is 0 Å². The Morgan fingerprint density at radius 2 is 1.88 bits per heavy atom. The van der Waals surface area contributed by atoms with Gasteiger partial charge >= 0.3 is 0 Å². The molecule has 5 nitrogen and oxygen atoms in total. The summed E-state index contributed by atoms with van der Waals surface area (Å²) < 4.78 is 0. The van der Waals surface area contributed by atoms with Crippen LogP contribution in [0.15, 0.2) is 35.0 Å². The van der Waals surface area contributed by atoms with E-state index in [1.54, 1.807) is 11.3 Å². The summed E-state index contributed by atoms with van der Waals surface area (Å²) in [5, 5.41) is 10.0. The van der Waals surface area contributed by atoms with Crippen LogP contribution in [0, 0.1) is 0 Å². The van der Waals surface area contributed by atoms with Crippen molar-refractivity contribution >= 4 is 34.5 Å². The second kappa shape index (κ2) is 9.12. The lowest BCUT2D eigenvalue weighted by Gasteiger charge is -2.31. The number of carbonyl (C=O) groups excluding carboxylic acids is 2. The Kier molecular flexibility index (Phi) is 6.61. The molecule has 0 aliphatic carbocycles. The number of rotatable bonds is 7. The summed E-state index contributed by atoms with van der Waals surface area (Å²) in [5.74, 6) is 0.0948. The highest BCUT2D eigenvalue weighted by atomic mass is 32.1. The van der Waals surface area contributed by atoms with Crippen molar-refractivity contribution < 1.29 is 9.59 Å². The molecule has 0 bridgehead atoms. The molecule has 0 spiro atoms. The topological polar surface area (TPSA) is 61.4 Å². The summed E-state index contributed by atoms with van der Waals surface area (Å²) in [4.78, 5) is 28.3. The van der Waals surface area contributed by atoms with Crippen molar-refractivity contribution in [3.63, 3.8) is 0 Å². The Labute approximate surface area is 156 Å². The molecule has 0 aromatic carbocycles. The van der Waals surface area contributed by atoms with Crippen LogP contribution in [0.25, 0.3) is 0 Å². The van der Waals surface area contributed by atoms with Gasteiger partial charge in [0, 0.05) is 30.6 Å². The van der Waals surface area contributed by atoms with Crippen LogP contribution in [-0.2, 0) is 11.2 Å². The van der Waals surface area contributed by atoms with Crippen LogP contribution in [0.2, 0.25) is 0 Å². The van der Waals surface area contributed by atoms with Gasteiger partial charge in [-0.25, -0.2) is 0 Å². The number of hydrogen-bond donors (Lipinski definition) is 2. The van der Waals surface area contributed by atoms with Gasteiger partial charge < -0.3 is 10.6 Å². The average Bonchev–Trinajstić information content (AvgIpc) is 3.30. The quantitative estimate of drug-likeness (QED) is 0.779. The van der Waals surface area contributed by atoms with E-state index in [9.17, 15) is 9.59 Å². The maximum absolute atomic E-state index is 12.1. The van der Waals surface area contributed by atoms with E-state index in [2.05, 4.69) is 27.0 Å². The maximum Gasteiger partial charge on any atom is 0.261 e. The fourth-order valence-corrected chi connectivity index (χ4v) is 4.27. The smallest absolute Gasteiger partial charge is 0.261 e. The van der Waals surface area contributed by atoms with Gasteiger partial charge in [-0.3, -0.25) is 14.5 Å². The molecule has 0 radical (unpaired) electrons. The second-order valence-corrected chi connectivity index (χ2v) is 8.16. The van der Waals surface area contributed by atoms with Gasteiger partial charge in [-0.1, -0.05) is 12.1 Å². The molecule has 2 N–H and O–H groups in total. The SMILES string of the molecule is O=C(CN1CCC(NC(=O)c2cccs2)CC1)NCCc1cccs1. The molecule has 3 rings (SSSR count). The molecule has 0 atom stereocenters. The Hall–Kier alpha value is -1.70. The highest BCUT2D eigenvalue weighted by Gasteiger charge is 2.22. The number of piperidine rings is 1. The minimum absolute atomic E-state index is 0.0137. The number of likely N-dealkylation sites (tertiary alicyclic amines) is 1. The van der Waals surface area contributed by atoms with Crippen LogP contribution in [0.3, 0.4) is 0 Å². The first-order valence-electron chi connectivity index (χ1n) is 8.56. The van der Waals surface area contributed by atoms with E-state index in [4.69, 9.17) is 0 Å². The van der Waals surface area contributed by atoms with Crippen molar-refractivity contribution in [2.45, 2.75) is 25.3 Å². The van der Waals surface area contributed by atoms with Crippen molar-refractivity contribution in [3.05, 3.63) is 44.8 Å². The van der Waals surface area contributed by atoms with Gasteiger partial charge in [-0.2, -0.15) is 0 Å². The number of nitrogens with one attached hydrogen (secondary N) is 2. The molecule has 2 amide bonds. The van der Waals surface area contributed by atoms with Crippen LogP contribution >= 0.6 is 22.7 Å². The molecule has 2 aromatic rings. The molecular weight excluding hydrogens is 354 g/mol. The van der Waals surface area contributed by atoms with Crippen LogP contribution in [0.5, 0.6) is 0 Å². The van der Waals surface area contributed by atoms with E-state index in [0.717, 1.165) is 37.2 Å². The molecule has 1 saturated heterocycles. The van der Waals surface area contributed by atoms with Crippen LogP contribution in [0.1, 0.15) is 27.4 Å². The van der Waals surface area contributed by atoms with E-state index in [0.29, 0.717) is 13.1 Å². The molecule has 25 heavy (non-hydrogen) atoms. The zero-order valence-electron chi connectivity index (χ0n) is 14.1. The van der Waals surface area contributed by atoms with Crippen LogP contribution < -0.4 is 10.6 Å². The van der Waals surface area contributed by atoms with Gasteiger partial charge in [0.2, 0.25) is 5.91 Å². The van der Waals surface area contributed by atoms with E-state index >= 15 is 0 Å². The van der Waals surface area contributed by atoms with E-state index < -0.39 is 0 Å². The largest absolute Gasteiger partial charge is 0.355 e. The van der Waals surface area contributed by atoms with E-state index in [1.165, 1.54) is 16.2 Å². The molecule has 7 heteroatoms. The average molecular weight is 378 g/mol. The highest BCUT2D eigenvalue weighted by molar-refractivity contribution is 7.12. The Morgan fingerprint density at radius 1 is 1.12 bits per heavy atom. The minimum atomic E-state index is 0.0137. The minimum Gasteiger partial charge on any atom is -0.355 e. The Bertz CT molecular complexity index is 663. The van der Waals surface area contributed by atoms with Crippen molar-refractivity contribution in [2.75, 3.05) is 26.2 Å². The number of nitrogens with zero attached hydrogens (tertiary/aromatic N) is 1. The monoisotopic (exact) mass is 377 g/mol. The Morgan fingerprint density at radius 3 is 2.56 bits per heavy atom. The van der Waals surface area contributed by atoms with Gasteiger partial charge in [0.05, 0.1) is 11.4 Å². The maximum atomic E-state index is 12.1. The number of amides is 2. The van der Waals surface area contributed by atoms with Gasteiger partial charge in [-0.05, 0) is 42.2 Å². The van der Waals surface area contributed by atoms with Gasteiger partial charge in [0.25, 0.3) is 5.91 Å². The highest BCUT2D eigenvalue weighted by Crippen LogP contribution is 2.13. The molecule has 2 aromatic heterocycles. The predicted octanol–water partition coefficient (Wildman–Crippen LogP) is 2.36. The molecule has 1 aliphatic rings. The zero-order chi connectivity index (χ0) is 17.5. The molecule has 3 heterocycles. The van der Waals surface area contributed by atoms with Crippen molar-refractivity contribution in [1.29, 1.82) is 0 Å². The van der Waals surface area contributed by atoms with Gasteiger partial charge in [-0.15, -0.1) is 22.7 Å². The van der Waals surface area contributed by atoms with Crippen LogP contribution in [-0.4, -0.2) is 48.9 Å².